The molecule has 0 radical (unpaired) electrons. The van der Waals surface area contributed by atoms with E-state index in [0.29, 0.717) is 12.1 Å². The van der Waals surface area contributed by atoms with Crippen molar-refractivity contribution >= 4 is 33.3 Å². The fourth-order valence-corrected chi connectivity index (χ4v) is 2.65. The van der Waals surface area contributed by atoms with Gasteiger partial charge in [-0.05, 0) is 12.1 Å². The van der Waals surface area contributed by atoms with Crippen molar-refractivity contribution in [2.75, 3.05) is 12.8 Å². The van der Waals surface area contributed by atoms with Crippen LogP contribution in [0.5, 0.6) is 0 Å². The zero-order valence-electron chi connectivity index (χ0n) is 9.61. The van der Waals surface area contributed by atoms with Crippen LogP contribution in [0.2, 0.25) is 5.02 Å². The molecule has 6 nitrogen and oxygen atoms in total. The van der Waals surface area contributed by atoms with E-state index in [1.54, 1.807) is 0 Å². The Balaban J connectivity index is 3.36. The number of carboxylic acid groups (broad SMARTS) is 1. The first-order valence-electron chi connectivity index (χ1n) is 4.84. The van der Waals surface area contributed by atoms with Crippen molar-refractivity contribution < 1.29 is 27.5 Å². The molecule has 0 aromatic heterocycles. The average molecular weight is 310 g/mol. The standard InChI is InChI=1S/C10H9ClFNO5S/c1-13-8(14)4-19(17,18)5-2-6(10(15)16)9(11)7(12)3-5/h2-3H,4H2,1H3,(H,13,14)(H,15,16). The molecule has 0 aliphatic rings. The van der Waals surface area contributed by atoms with Crippen LogP contribution in [0.3, 0.4) is 0 Å². The number of nitrogens with one attached hydrogen (secondary N) is 1. The largest absolute Gasteiger partial charge is 0.478 e. The molecule has 0 spiro atoms. The second-order valence-corrected chi connectivity index (χ2v) is 5.87. The lowest BCUT2D eigenvalue weighted by Gasteiger charge is -2.07. The van der Waals surface area contributed by atoms with E-state index in [9.17, 15) is 22.4 Å². The Kier molecular flexibility index (Phi) is 4.48. The number of aromatic carboxylic acids is 1. The Morgan fingerprint density at radius 2 is 2.00 bits per heavy atom. The Hall–Kier alpha value is -1.67. The van der Waals surface area contributed by atoms with Crippen LogP contribution < -0.4 is 5.32 Å². The highest BCUT2D eigenvalue weighted by atomic mass is 35.5. The second-order valence-electron chi connectivity index (χ2n) is 3.50. The van der Waals surface area contributed by atoms with E-state index in [4.69, 9.17) is 16.7 Å². The quantitative estimate of drug-likeness (QED) is 0.852. The van der Waals surface area contributed by atoms with E-state index in [1.165, 1.54) is 7.05 Å². The first-order chi connectivity index (χ1) is 8.69. The van der Waals surface area contributed by atoms with Gasteiger partial charge in [0.05, 0.1) is 15.5 Å². The Morgan fingerprint density at radius 1 is 1.42 bits per heavy atom. The predicted octanol–water partition coefficient (Wildman–Crippen LogP) is 0.697. The highest BCUT2D eigenvalue weighted by Gasteiger charge is 2.23. The smallest absolute Gasteiger partial charge is 0.337 e. The predicted molar refractivity (Wildman–Crippen MR) is 64.5 cm³/mol. The van der Waals surface area contributed by atoms with Gasteiger partial charge in [0.25, 0.3) is 0 Å². The van der Waals surface area contributed by atoms with Crippen molar-refractivity contribution in [2.24, 2.45) is 0 Å². The van der Waals surface area contributed by atoms with Crippen LogP contribution in [0.25, 0.3) is 0 Å². The maximum Gasteiger partial charge on any atom is 0.337 e. The molecule has 2 N–H and O–H groups in total. The van der Waals surface area contributed by atoms with Crippen molar-refractivity contribution in [3.63, 3.8) is 0 Å². The molecule has 0 fully saturated rings. The molecular weight excluding hydrogens is 301 g/mol. The van der Waals surface area contributed by atoms with E-state index >= 15 is 0 Å². The van der Waals surface area contributed by atoms with E-state index in [2.05, 4.69) is 5.32 Å². The number of amides is 1. The molecule has 0 bridgehead atoms. The van der Waals surface area contributed by atoms with E-state index in [0.717, 1.165) is 0 Å². The van der Waals surface area contributed by atoms with Gasteiger partial charge < -0.3 is 10.4 Å². The van der Waals surface area contributed by atoms with E-state index in [1.807, 2.05) is 0 Å². The van der Waals surface area contributed by atoms with Crippen LogP contribution in [0.4, 0.5) is 4.39 Å². The lowest BCUT2D eigenvalue weighted by Crippen LogP contribution is -2.27. The average Bonchev–Trinajstić information content (AvgIpc) is 2.31. The SMILES string of the molecule is CNC(=O)CS(=O)(=O)c1cc(F)c(Cl)c(C(=O)O)c1. The lowest BCUT2D eigenvalue weighted by molar-refractivity contribution is -0.118. The summed E-state index contributed by atoms with van der Waals surface area (Å²) in [6.07, 6.45) is 0. The van der Waals surface area contributed by atoms with Gasteiger partial charge in [-0.1, -0.05) is 11.6 Å². The Labute approximate surface area is 113 Å². The molecule has 0 heterocycles. The van der Waals surface area contributed by atoms with Gasteiger partial charge in [0.1, 0.15) is 11.6 Å². The molecule has 9 heteroatoms. The summed E-state index contributed by atoms with van der Waals surface area (Å²) in [5, 5.41) is 10.2. The van der Waals surface area contributed by atoms with Crippen LogP contribution in [-0.2, 0) is 14.6 Å². The van der Waals surface area contributed by atoms with Gasteiger partial charge in [-0.15, -0.1) is 0 Å². The van der Waals surface area contributed by atoms with Gasteiger partial charge >= 0.3 is 5.97 Å². The number of benzene rings is 1. The third kappa shape index (κ3) is 3.42. The fraction of sp³-hybridized carbons (Fsp3) is 0.200. The summed E-state index contributed by atoms with van der Waals surface area (Å²) in [6.45, 7) is 0. The van der Waals surface area contributed by atoms with Crippen molar-refractivity contribution in [1.29, 1.82) is 0 Å². The van der Waals surface area contributed by atoms with Crippen LogP contribution in [0, 0.1) is 5.82 Å². The summed E-state index contributed by atoms with van der Waals surface area (Å²) in [6, 6.07) is 1.29. The first kappa shape index (κ1) is 15.4. The number of hydrogen-bond acceptors (Lipinski definition) is 4. The maximum absolute atomic E-state index is 13.4. The van der Waals surface area contributed by atoms with Crippen LogP contribution in [-0.4, -0.2) is 38.2 Å². The van der Waals surface area contributed by atoms with Gasteiger partial charge in [-0.25, -0.2) is 17.6 Å². The summed E-state index contributed by atoms with van der Waals surface area (Å²) in [5.41, 5.74) is -0.683. The molecule has 1 aromatic rings. The number of carboxylic acids is 1. The van der Waals surface area contributed by atoms with E-state index < -0.39 is 48.8 Å². The normalized spacial score (nSPS) is 11.1. The number of carbonyl (C=O) groups is 2. The zero-order chi connectivity index (χ0) is 14.8. The topological polar surface area (TPSA) is 101 Å². The van der Waals surface area contributed by atoms with Gasteiger partial charge in [-0.3, -0.25) is 4.79 Å². The van der Waals surface area contributed by atoms with E-state index in [-0.39, 0.29) is 0 Å². The Morgan fingerprint density at radius 3 is 2.47 bits per heavy atom. The van der Waals surface area contributed by atoms with Crippen molar-refractivity contribution in [2.45, 2.75) is 4.90 Å². The maximum atomic E-state index is 13.4. The van der Waals surface area contributed by atoms with Gasteiger partial charge in [-0.2, -0.15) is 0 Å². The minimum atomic E-state index is -4.14. The molecule has 1 rings (SSSR count). The van der Waals surface area contributed by atoms with Crippen LogP contribution >= 0.6 is 11.6 Å². The number of sulfone groups is 1. The van der Waals surface area contributed by atoms with Crippen molar-refractivity contribution in [3.8, 4) is 0 Å². The molecular formula is C10H9ClFNO5S. The Bertz CT molecular complexity index is 644. The third-order valence-corrected chi connectivity index (χ3v) is 4.17. The fourth-order valence-electron chi connectivity index (χ4n) is 1.23. The summed E-state index contributed by atoms with van der Waals surface area (Å²) >= 11 is 5.41. The number of rotatable bonds is 4. The molecule has 19 heavy (non-hydrogen) atoms. The number of halogens is 2. The molecule has 0 atom stereocenters. The van der Waals surface area contributed by atoms with Crippen molar-refractivity contribution in [3.05, 3.63) is 28.5 Å². The van der Waals surface area contributed by atoms with Crippen LogP contribution in [0.1, 0.15) is 10.4 Å². The summed E-state index contributed by atoms with van der Waals surface area (Å²) < 4.78 is 36.9. The minimum Gasteiger partial charge on any atom is -0.478 e. The molecule has 104 valence electrons. The highest BCUT2D eigenvalue weighted by Crippen LogP contribution is 2.25. The molecule has 1 aromatic carbocycles. The monoisotopic (exact) mass is 309 g/mol. The lowest BCUT2D eigenvalue weighted by atomic mass is 10.2. The molecule has 0 saturated heterocycles. The third-order valence-electron chi connectivity index (χ3n) is 2.19. The molecule has 0 unspecified atom stereocenters. The van der Waals surface area contributed by atoms with Gasteiger partial charge in [0.2, 0.25) is 5.91 Å². The summed E-state index contributed by atoms with van der Waals surface area (Å²) in [7, 11) is -2.90. The summed E-state index contributed by atoms with van der Waals surface area (Å²) in [5.74, 6) is -4.46. The number of carbonyl (C=O) groups excluding carboxylic acids is 1. The summed E-state index contributed by atoms with van der Waals surface area (Å²) in [4.78, 5) is 21.2. The van der Waals surface area contributed by atoms with Gasteiger partial charge in [0, 0.05) is 7.05 Å². The number of hydrogen-bond donors (Lipinski definition) is 2. The first-order valence-corrected chi connectivity index (χ1v) is 6.87. The minimum absolute atomic E-state index is 0.576. The van der Waals surface area contributed by atoms with Gasteiger partial charge in [0.15, 0.2) is 9.84 Å². The second kappa shape index (κ2) is 5.54. The zero-order valence-corrected chi connectivity index (χ0v) is 11.2. The molecule has 0 saturated carbocycles. The van der Waals surface area contributed by atoms with Crippen molar-refractivity contribution in [1.82, 2.24) is 5.32 Å². The molecule has 0 aliphatic heterocycles. The molecule has 1 amide bonds. The highest BCUT2D eigenvalue weighted by molar-refractivity contribution is 7.92. The van der Waals surface area contributed by atoms with Crippen LogP contribution in [0.15, 0.2) is 17.0 Å². The molecule has 0 aliphatic carbocycles.